The molecule has 0 aliphatic carbocycles. The highest BCUT2D eigenvalue weighted by Crippen LogP contribution is 2.44. The Labute approximate surface area is 200 Å². The molecule has 1 aromatic heterocycles. The molecule has 0 aliphatic heterocycles. The average molecular weight is 471 g/mol. The molecule has 3 rings (SSSR count). The first kappa shape index (κ1) is 25.3. The Morgan fingerprint density at radius 1 is 0.824 bits per heavy atom. The van der Waals surface area contributed by atoms with Gasteiger partial charge in [-0.1, -0.05) is 27.7 Å². The van der Waals surface area contributed by atoms with E-state index in [2.05, 4.69) is 13.8 Å². The van der Waals surface area contributed by atoms with E-state index in [-0.39, 0.29) is 28.4 Å². The van der Waals surface area contributed by atoms with Crippen LogP contribution in [0.15, 0.2) is 45.6 Å². The first-order valence-corrected chi connectivity index (χ1v) is 11.6. The van der Waals surface area contributed by atoms with Crippen molar-refractivity contribution in [3.8, 4) is 34.7 Å². The number of benzene rings is 2. The van der Waals surface area contributed by atoms with Crippen LogP contribution in [0.3, 0.4) is 0 Å². The van der Waals surface area contributed by atoms with Crippen LogP contribution in [0.2, 0.25) is 0 Å². The Kier molecular flexibility index (Phi) is 8.31. The van der Waals surface area contributed by atoms with Gasteiger partial charge >= 0.3 is 0 Å². The fourth-order valence-electron chi connectivity index (χ4n) is 3.16. The van der Waals surface area contributed by atoms with Crippen LogP contribution in [-0.4, -0.2) is 26.4 Å². The lowest BCUT2D eigenvalue weighted by molar-refractivity contribution is 0.220. The van der Waals surface area contributed by atoms with Gasteiger partial charge in [0.1, 0.15) is 22.5 Å². The van der Waals surface area contributed by atoms with Crippen LogP contribution in [0.5, 0.6) is 34.7 Å². The number of rotatable bonds is 11. The van der Waals surface area contributed by atoms with Crippen molar-refractivity contribution in [1.82, 2.24) is 0 Å². The van der Waals surface area contributed by atoms with E-state index in [1.807, 2.05) is 39.8 Å². The zero-order valence-electron chi connectivity index (χ0n) is 21.0. The summed E-state index contributed by atoms with van der Waals surface area (Å²) in [5.41, 5.74) is -0.0212. The molecule has 0 N–H and O–H groups in total. The van der Waals surface area contributed by atoms with Crippen LogP contribution in [0.4, 0.5) is 0 Å². The van der Waals surface area contributed by atoms with Gasteiger partial charge in [0, 0.05) is 6.07 Å². The second-order valence-electron chi connectivity index (χ2n) is 9.19. The van der Waals surface area contributed by atoms with Crippen LogP contribution in [0, 0.1) is 11.8 Å². The molecular weight excluding hydrogens is 436 g/mol. The van der Waals surface area contributed by atoms with E-state index in [1.54, 1.807) is 18.2 Å². The minimum atomic E-state index is -0.308. The first-order chi connectivity index (χ1) is 16.2. The van der Waals surface area contributed by atoms with Crippen molar-refractivity contribution in [2.75, 3.05) is 20.3 Å². The number of hydrogen-bond donors (Lipinski definition) is 0. The van der Waals surface area contributed by atoms with Gasteiger partial charge < -0.3 is 28.1 Å². The van der Waals surface area contributed by atoms with Gasteiger partial charge in [-0.15, -0.1) is 0 Å². The summed E-state index contributed by atoms with van der Waals surface area (Å²) in [5, 5.41) is 0.271. The fraction of sp³-hybridized carbons (Fsp3) is 0.444. The predicted octanol–water partition coefficient (Wildman–Crippen LogP) is 6.45. The maximum Gasteiger partial charge on any atom is 0.294 e. The van der Waals surface area contributed by atoms with Crippen LogP contribution >= 0.6 is 0 Å². The SMILES string of the molecule is COc1c(OCC(C)C)cc2oc(Oc3ccc(OCC(C)C)cc3)cc(=O)c2c1OC(C)C. The molecule has 184 valence electrons. The summed E-state index contributed by atoms with van der Waals surface area (Å²) in [6, 6.07) is 10.1. The summed E-state index contributed by atoms with van der Waals surface area (Å²) in [4.78, 5) is 13.1. The highest BCUT2D eigenvalue weighted by atomic mass is 16.6. The average Bonchev–Trinajstić information content (AvgIpc) is 2.76. The van der Waals surface area contributed by atoms with Crippen molar-refractivity contribution >= 4 is 11.0 Å². The number of fused-ring (bicyclic) bond motifs is 1. The summed E-state index contributed by atoms with van der Waals surface area (Å²) in [6.45, 7) is 13.1. The smallest absolute Gasteiger partial charge is 0.294 e. The van der Waals surface area contributed by atoms with Crippen molar-refractivity contribution in [1.29, 1.82) is 0 Å². The number of ether oxygens (including phenoxy) is 5. The maximum atomic E-state index is 13.1. The van der Waals surface area contributed by atoms with Gasteiger partial charge in [0.15, 0.2) is 11.5 Å². The molecule has 34 heavy (non-hydrogen) atoms. The molecule has 0 saturated carbocycles. The molecule has 3 aromatic rings. The monoisotopic (exact) mass is 470 g/mol. The lowest BCUT2D eigenvalue weighted by Crippen LogP contribution is -2.12. The molecule has 2 aromatic carbocycles. The lowest BCUT2D eigenvalue weighted by Gasteiger charge is -2.19. The molecular formula is C27H34O7. The van der Waals surface area contributed by atoms with Crippen LogP contribution in [-0.2, 0) is 0 Å². The fourth-order valence-corrected chi connectivity index (χ4v) is 3.16. The number of methoxy groups -OCH3 is 1. The first-order valence-electron chi connectivity index (χ1n) is 11.6. The van der Waals surface area contributed by atoms with E-state index >= 15 is 0 Å². The Hall–Kier alpha value is -3.35. The third kappa shape index (κ3) is 6.37. The summed E-state index contributed by atoms with van der Waals surface area (Å²) < 4.78 is 35.0. The van der Waals surface area contributed by atoms with E-state index in [0.29, 0.717) is 48.0 Å². The molecule has 0 spiro atoms. The molecule has 0 fully saturated rings. The predicted molar refractivity (Wildman–Crippen MR) is 132 cm³/mol. The largest absolute Gasteiger partial charge is 0.493 e. The van der Waals surface area contributed by atoms with Gasteiger partial charge in [-0.3, -0.25) is 4.79 Å². The normalized spacial score (nSPS) is 11.4. The van der Waals surface area contributed by atoms with E-state index in [0.717, 1.165) is 5.75 Å². The Bertz CT molecular complexity index is 1140. The number of hydrogen-bond acceptors (Lipinski definition) is 7. The van der Waals surface area contributed by atoms with Crippen LogP contribution in [0.1, 0.15) is 41.5 Å². The van der Waals surface area contributed by atoms with E-state index in [4.69, 9.17) is 28.1 Å². The van der Waals surface area contributed by atoms with Gasteiger partial charge in [-0.05, 0) is 49.9 Å². The molecule has 0 aliphatic rings. The summed E-state index contributed by atoms with van der Waals surface area (Å²) in [7, 11) is 1.52. The van der Waals surface area contributed by atoms with E-state index in [9.17, 15) is 4.79 Å². The van der Waals surface area contributed by atoms with Crippen molar-refractivity contribution < 1.29 is 28.1 Å². The minimum absolute atomic E-state index is 0.0591. The highest BCUT2D eigenvalue weighted by Gasteiger charge is 2.23. The zero-order chi connectivity index (χ0) is 24.8. The Morgan fingerprint density at radius 2 is 1.44 bits per heavy atom. The molecule has 0 radical (unpaired) electrons. The maximum absolute atomic E-state index is 13.1. The summed E-state index contributed by atoms with van der Waals surface area (Å²) in [6.07, 6.45) is -0.191. The molecule has 1 heterocycles. The summed E-state index contributed by atoms with van der Waals surface area (Å²) >= 11 is 0. The van der Waals surface area contributed by atoms with Gasteiger partial charge in [0.05, 0.1) is 32.5 Å². The molecule has 0 atom stereocenters. The van der Waals surface area contributed by atoms with Crippen molar-refractivity contribution in [2.24, 2.45) is 11.8 Å². The third-order valence-corrected chi connectivity index (χ3v) is 4.63. The topological polar surface area (TPSA) is 76.4 Å². The van der Waals surface area contributed by atoms with Gasteiger partial charge in [-0.2, -0.15) is 0 Å². The molecule has 0 unspecified atom stereocenters. The lowest BCUT2D eigenvalue weighted by atomic mass is 10.1. The van der Waals surface area contributed by atoms with Crippen LogP contribution < -0.4 is 29.1 Å². The third-order valence-electron chi connectivity index (χ3n) is 4.63. The van der Waals surface area contributed by atoms with Gasteiger partial charge in [-0.25, -0.2) is 0 Å². The van der Waals surface area contributed by atoms with Crippen molar-refractivity contribution in [2.45, 2.75) is 47.6 Å². The second-order valence-corrected chi connectivity index (χ2v) is 9.19. The van der Waals surface area contributed by atoms with Crippen molar-refractivity contribution in [3.63, 3.8) is 0 Å². The van der Waals surface area contributed by atoms with E-state index < -0.39 is 0 Å². The van der Waals surface area contributed by atoms with E-state index in [1.165, 1.54) is 13.2 Å². The van der Waals surface area contributed by atoms with Gasteiger partial charge in [0.2, 0.25) is 11.2 Å². The zero-order valence-corrected chi connectivity index (χ0v) is 21.0. The standard InChI is InChI=1S/C27H34O7/c1-16(2)14-30-19-8-10-20(11-9-19)33-24-12-21(28)25-22(34-24)13-23(31-15-17(3)4)26(29-7)27(25)32-18(5)6/h8-13,16-18H,14-15H2,1-7H3. The van der Waals surface area contributed by atoms with Crippen LogP contribution in [0.25, 0.3) is 11.0 Å². The van der Waals surface area contributed by atoms with Gasteiger partial charge in [0.25, 0.3) is 5.95 Å². The molecule has 0 bridgehead atoms. The van der Waals surface area contributed by atoms with Crippen molar-refractivity contribution in [3.05, 3.63) is 46.6 Å². The molecule has 0 amide bonds. The molecule has 7 heteroatoms. The highest BCUT2D eigenvalue weighted by molar-refractivity contribution is 5.89. The second kappa shape index (κ2) is 11.2. The molecule has 7 nitrogen and oxygen atoms in total. The Morgan fingerprint density at radius 3 is 2.03 bits per heavy atom. The summed E-state index contributed by atoms with van der Waals surface area (Å²) in [5.74, 6) is 3.14. The molecule has 0 saturated heterocycles. The Balaban J connectivity index is 1.99. The quantitative estimate of drug-likeness (QED) is 0.319. The minimum Gasteiger partial charge on any atom is -0.493 e.